The van der Waals surface area contributed by atoms with Gasteiger partial charge in [-0.1, -0.05) is 20.8 Å². The van der Waals surface area contributed by atoms with Gasteiger partial charge in [-0.3, -0.25) is 0 Å². The van der Waals surface area contributed by atoms with E-state index in [1.165, 1.54) is 6.92 Å². The summed E-state index contributed by atoms with van der Waals surface area (Å²) in [6, 6.07) is 1.46. The average molecular weight is 307 g/mol. The predicted octanol–water partition coefficient (Wildman–Crippen LogP) is 1.96. The van der Waals surface area contributed by atoms with E-state index in [9.17, 15) is 22.3 Å². The van der Waals surface area contributed by atoms with Gasteiger partial charge in [0.25, 0.3) is 0 Å². The molecule has 114 valence electrons. The summed E-state index contributed by atoms with van der Waals surface area (Å²) in [7, 11) is -4.21. The summed E-state index contributed by atoms with van der Waals surface area (Å²) in [6.07, 6.45) is -0.948. The van der Waals surface area contributed by atoms with Crippen molar-refractivity contribution in [3.05, 3.63) is 29.3 Å². The lowest BCUT2D eigenvalue weighted by Gasteiger charge is -2.25. The molecule has 0 amide bonds. The quantitative estimate of drug-likeness (QED) is 0.893. The molecule has 0 spiro atoms. The lowest BCUT2D eigenvalue weighted by Crippen LogP contribution is -2.39. The molecule has 0 saturated heterocycles. The lowest BCUT2D eigenvalue weighted by molar-refractivity contribution is 0.0677. The van der Waals surface area contributed by atoms with Crippen LogP contribution in [-0.4, -0.2) is 26.2 Å². The van der Waals surface area contributed by atoms with Crippen molar-refractivity contribution >= 4 is 10.0 Å². The SMILES string of the molecule is Cc1cc(F)c(S(=O)(=O)NCC(O)C(C)(C)C)cc1F. The van der Waals surface area contributed by atoms with Crippen LogP contribution < -0.4 is 4.72 Å². The largest absolute Gasteiger partial charge is 0.391 e. The van der Waals surface area contributed by atoms with Crippen molar-refractivity contribution in [2.45, 2.75) is 38.7 Å². The molecule has 0 aliphatic carbocycles. The van der Waals surface area contributed by atoms with Crippen LogP contribution in [0.15, 0.2) is 17.0 Å². The summed E-state index contributed by atoms with van der Waals surface area (Å²) < 4.78 is 52.9. The number of nitrogens with one attached hydrogen (secondary N) is 1. The minimum Gasteiger partial charge on any atom is -0.391 e. The van der Waals surface area contributed by atoms with Crippen LogP contribution in [0.1, 0.15) is 26.3 Å². The molecule has 0 radical (unpaired) electrons. The molecule has 1 rings (SSSR count). The van der Waals surface area contributed by atoms with Crippen LogP contribution in [0.5, 0.6) is 0 Å². The Morgan fingerprint density at radius 3 is 2.30 bits per heavy atom. The average Bonchev–Trinajstić information content (AvgIpc) is 2.29. The molecular formula is C13H19F2NO3S. The number of halogens is 2. The van der Waals surface area contributed by atoms with Crippen LogP contribution in [-0.2, 0) is 10.0 Å². The van der Waals surface area contributed by atoms with E-state index >= 15 is 0 Å². The molecule has 0 heterocycles. The molecule has 1 unspecified atom stereocenters. The van der Waals surface area contributed by atoms with Gasteiger partial charge >= 0.3 is 0 Å². The molecule has 0 aromatic heterocycles. The van der Waals surface area contributed by atoms with E-state index in [-0.39, 0.29) is 12.1 Å². The molecule has 0 bridgehead atoms. The Morgan fingerprint density at radius 2 is 1.80 bits per heavy atom. The Bertz CT molecular complexity index is 594. The zero-order valence-electron chi connectivity index (χ0n) is 11.9. The Kier molecular flexibility index (Phi) is 4.89. The number of aryl methyl sites for hydroxylation is 1. The number of aliphatic hydroxyl groups excluding tert-OH is 1. The first-order valence-electron chi connectivity index (χ1n) is 6.08. The molecule has 0 fully saturated rings. The second-order valence-electron chi connectivity index (χ2n) is 5.77. The van der Waals surface area contributed by atoms with Crippen LogP contribution in [0, 0.1) is 24.0 Å². The van der Waals surface area contributed by atoms with Crippen LogP contribution in [0.25, 0.3) is 0 Å². The van der Waals surface area contributed by atoms with Gasteiger partial charge in [0.2, 0.25) is 10.0 Å². The molecule has 2 N–H and O–H groups in total. The fraction of sp³-hybridized carbons (Fsp3) is 0.538. The molecular weight excluding hydrogens is 288 g/mol. The van der Waals surface area contributed by atoms with E-state index in [1.54, 1.807) is 20.8 Å². The van der Waals surface area contributed by atoms with E-state index in [0.717, 1.165) is 6.07 Å². The smallest absolute Gasteiger partial charge is 0.243 e. The first kappa shape index (κ1) is 17.0. The predicted molar refractivity (Wildman–Crippen MR) is 71.7 cm³/mol. The summed E-state index contributed by atoms with van der Waals surface area (Å²) in [5.41, 5.74) is -0.504. The van der Waals surface area contributed by atoms with Crippen molar-refractivity contribution in [2.24, 2.45) is 5.41 Å². The standard InChI is InChI=1S/C13H19F2NO3S/c1-8-5-10(15)11(6-9(8)14)20(18,19)16-7-12(17)13(2,3)4/h5-6,12,16-17H,7H2,1-4H3. The maximum Gasteiger partial charge on any atom is 0.243 e. The fourth-order valence-electron chi connectivity index (χ4n) is 1.41. The van der Waals surface area contributed by atoms with Gasteiger partial charge in [-0.2, -0.15) is 0 Å². The Labute approximate surface area is 117 Å². The van der Waals surface area contributed by atoms with Crippen molar-refractivity contribution in [1.29, 1.82) is 0 Å². The van der Waals surface area contributed by atoms with E-state index < -0.39 is 38.1 Å². The maximum atomic E-state index is 13.6. The fourth-order valence-corrected chi connectivity index (χ4v) is 2.51. The third-order valence-corrected chi connectivity index (χ3v) is 4.41. The van der Waals surface area contributed by atoms with Gasteiger partial charge in [0, 0.05) is 6.54 Å². The van der Waals surface area contributed by atoms with Gasteiger partial charge in [0.1, 0.15) is 16.5 Å². The number of hydrogen-bond acceptors (Lipinski definition) is 3. The monoisotopic (exact) mass is 307 g/mol. The molecule has 7 heteroatoms. The molecule has 0 aliphatic heterocycles. The van der Waals surface area contributed by atoms with Gasteiger partial charge < -0.3 is 5.11 Å². The molecule has 1 aromatic rings. The second kappa shape index (κ2) is 5.75. The van der Waals surface area contributed by atoms with Crippen molar-refractivity contribution in [3.8, 4) is 0 Å². The number of hydrogen-bond donors (Lipinski definition) is 2. The first-order valence-corrected chi connectivity index (χ1v) is 7.57. The Hall–Kier alpha value is -1.05. The van der Waals surface area contributed by atoms with E-state index in [0.29, 0.717) is 6.07 Å². The van der Waals surface area contributed by atoms with Crippen molar-refractivity contribution < 1.29 is 22.3 Å². The highest BCUT2D eigenvalue weighted by molar-refractivity contribution is 7.89. The van der Waals surface area contributed by atoms with Crippen molar-refractivity contribution in [2.75, 3.05) is 6.54 Å². The number of aliphatic hydroxyl groups is 1. The van der Waals surface area contributed by atoms with Crippen molar-refractivity contribution in [1.82, 2.24) is 4.72 Å². The van der Waals surface area contributed by atoms with Crippen LogP contribution >= 0.6 is 0 Å². The molecule has 1 atom stereocenters. The van der Waals surface area contributed by atoms with Crippen LogP contribution in [0.4, 0.5) is 8.78 Å². The van der Waals surface area contributed by atoms with Gasteiger partial charge in [0.05, 0.1) is 6.10 Å². The van der Waals surface area contributed by atoms with Gasteiger partial charge in [-0.15, -0.1) is 0 Å². The minimum absolute atomic E-state index is 0.0242. The van der Waals surface area contributed by atoms with E-state index in [1.807, 2.05) is 0 Å². The van der Waals surface area contributed by atoms with Crippen LogP contribution in [0.3, 0.4) is 0 Å². The topological polar surface area (TPSA) is 66.4 Å². The summed E-state index contributed by atoms with van der Waals surface area (Å²) in [5, 5.41) is 9.77. The zero-order chi connectivity index (χ0) is 15.7. The van der Waals surface area contributed by atoms with E-state index in [2.05, 4.69) is 4.72 Å². The Morgan fingerprint density at radius 1 is 1.25 bits per heavy atom. The number of benzene rings is 1. The molecule has 0 saturated carbocycles. The Balaban J connectivity index is 2.98. The number of rotatable bonds is 4. The maximum absolute atomic E-state index is 13.6. The van der Waals surface area contributed by atoms with Gasteiger partial charge in [0.15, 0.2) is 0 Å². The summed E-state index contributed by atoms with van der Waals surface area (Å²) in [4.78, 5) is -0.762. The van der Waals surface area contributed by atoms with Gasteiger partial charge in [-0.05, 0) is 30.0 Å². The lowest BCUT2D eigenvalue weighted by atomic mass is 9.89. The third kappa shape index (κ3) is 3.97. The molecule has 4 nitrogen and oxygen atoms in total. The van der Waals surface area contributed by atoms with Gasteiger partial charge in [-0.25, -0.2) is 21.9 Å². The van der Waals surface area contributed by atoms with E-state index in [4.69, 9.17) is 0 Å². The normalized spacial score (nSPS) is 14.3. The highest BCUT2D eigenvalue weighted by Gasteiger charge is 2.26. The van der Waals surface area contributed by atoms with Crippen molar-refractivity contribution in [3.63, 3.8) is 0 Å². The minimum atomic E-state index is -4.21. The molecule has 1 aromatic carbocycles. The summed E-state index contributed by atoms with van der Waals surface area (Å²) in [6.45, 7) is 6.26. The summed E-state index contributed by atoms with van der Waals surface area (Å²) >= 11 is 0. The number of sulfonamides is 1. The highest BCUT2D eigenvalue weighted by Crippen LogP contribution is 2.21. The summed E-state index contributed by atoms with van der Waals surface area (Å²) in [5.74, 6) is -1.83. The highest BCUT2D eigenvalue weighted by atomic mass is 32.2. The second-order valence-corrected chi connectivity index (χ2v) is 7.50. The first-order chi connectivity index (χ1) is 8.95. The third-order valence-electron chi connectivity index (χ3n) is 2.97. The zero-order valence-corrected chi connectivity index (χ0v) is 12.7. The molecule has 20 heavy (non-hydrogen) atoms. The molecule has 0 aliphatic rings. The van der Waals surface area contributed by atoms with Crippen LogP contribution in [0.2, 0.25) is 0 Å².